The SMILES string of the molecule is CCC(=O)N1CCc2c(cn(-c3ccc(F)cc3)c(=O)c2C(=O)NCc2ccnn2C)C1. The van der Waals surface area contributed by atoms with Crippen molar-refractivity contribution >= 4 is 11.8 Å². The normalized spacial score (nSPS) is 13.0. The molecule has 0 bridgehead atoms. The van der Waals surface area contributed by atoms with Crippen LogP contribution in [0.25, 0.3) is 5.69 Å². The number of carbonyl (C=O) groups excluding carboxylic acids is 2. The van der Waals surface area contributed by atoms with Gasteiger partial charge in [-0.25, -0.2) is 4.39 Å². The largest absolute Gasteiger partial charge is 0.346 e. The number of halogens is 1. The highest BCUT2D eigenvalue weighted by Crippen LogP contribution is 2.23. The van der Waals surface area contributed by atoms with Gasteiger partial charge in [0.25, 0.3) is 11.5 Å². The van der Waals surface area contributed by atoms with Crippen molar-refractivity contribution in [2.45, 2.75) is 32.9 Å². The summed E-state index contributed by atoms with van der Waals surface area (Å²) in [5, 5.41) is 6.89. The molecule has 0 radical (unpaired) electrons. The number of hydrogen-bond acceptors (Lipinski definition) is 4. The van der Waals surface area contributed by atoms with E-state index in [9.17, 15) is 18.8 Å². The average Bonchev–Trinajstić information content (AvgIpc) is 3.21. The zero-order valence-electron chi connectivity index (χ0n) is 18.0. The van der Waals surface area contributed by atoms with Gasteiger partial charge in [-0.15, -0.1) is 0 Å². The number of aryl methyl sites for hydroxylation is 1. The van der Waals surface area contributed by atoms with Crippen LogP contribution in [0.15, 0.2) is 47.5 Å². The summed E-state index contributed by atoms with van der Waals surface area (Å²) in [5.41, 5.74) is 2.19. The van der Waals surface area contributed by atoms with Gasteiger partial charge in [0.15, 0.2) is 0 Å². The molecule has 8 nitrogen and oxygen atoms in total. The van der Waals surface area contributed by atoms with Gasteiger partial charge in [0.05, 0.1) is 12.2 Å². The van der Waals surface area contributed by atoms with Crippen LogP contribution < -0.4 is 10.9 Å². The molecule has 1 aliphatic rings. The van der Waals surface area contributed by atoms with Crippen LogP contribution in [0.5, 0.6) is 0 Å². The first kappa shape index (κ1) is 21.5. The van der Waals surface area contributed by atoms with E-state index in [-0.39, 0.29) is 18.0 Å². The van der Waals surface area contributed by atoms with Gasteiger partial charge < -0.3 is 10.2 Å². The molecular weight excluding hydrogens is 413 g/mol. The number of carbonyl (C=O) groups is 2. The molecule has 0 aliphatic carbocycles. The third-order valence-corrected chi connectivity index (χ3v) is 5.74. The number of fused-ring (bicyclic) bond motifs is 1. The Balaban J connectivity index is 1.77. The molecule has 1 aromatic carbocycles. The molecule has 0 spiro atoms. The molecule has 3 aromatic rings. The van der Waals surface area contributed by atoms with Crippen LogP contribution in [0.2, 0.25) is 0 Å². The maximum atomic E-state index is 13.4. The lowest BCUT2D eigenvalue weighted by Gasteiger charge is -2.30. The maximum absolute atomic E-state index is 13.4. The Labute approximate surface area is 184 Å². The molecule has 0 fully saturated rings. The molecule has 1 aliphatic heterocycles. The van der Waals surface area contributed by atoms with Gasteiger partial charge in [-0.1, -0.05) is 6.92 Å². The molecule has 0 saturated carbocycles. The van der Waals surface area contributed by atoms with Crippen LogP contribution in [-0.4, -0.2) is 37.6 Å². The summed E-state index contributed by atoms with van der Waals surface area (Å²) >= 11 is 0. The Morgan fingerprint density at radius 2 is 1.94 bits per heavy atom. The van der Waals surface area contributed by atoms with E-state index in [1.807, 2.05) is 0 Å². The molecule has 2 aromatic heterocycles. The monoisotopic (exact) mass is 437 g/mol. The van der Waals surface area contributed by atoms with Gasteiger partial charge in [0.1, 0.15) is 11.4 Å². The molecule has 32 heavy (non-hydrogen) atoms. The highest BCUT2D eigenvalue weighted by Gasteiger charge is 2.28. The second-order valence-electron chi connectivity index (χ2n) is 7.71. The van der Waals surface area contributed by atoms with E-state index >= 15 is 0 Å². The van der Waals surface area contributed by atoms with Gasteiger partial charge in [0, 0.05) is 44.6 Å². The topological polar surface area (TPSA) is 89.2 Å². The molecule has 9 heteroatoms. The Kier molecular flexibility index (Phi) is 5.89. The van der Waals surface area contributed by atoms with Crippen LogP contribution in [0.1, 0.15) is 40.5 Å². The number of pyridine rings is 1. The third-order valence-electron chi connectivity index (χ3n) is 5.74. The second kappa shape index (κ2) is 8.78. The molecule has 1 N–H and O–H groups in total. The summed E-state index contributed by atoms with van der Waals surface area (Å²) in [6, 6.07) is 7.27. The Bertz CT molecular complexity index is 1230. The van der Waals surface area contributed by atoms with Crippen molar-refractivity contribution in [1.82, 2.24) is 24.6 Å². The molecular formula is C23H24FN5O3. The van der Waals surface area contributed by atoms with Crippen molar-refractivity contribution in [1.29, 1.82) is 0 Å². The minimum absolute atomic E-state index is 0.0115. The molecule has 0 saturated heterocycles. The van der Waals surface area contributed by atoms with Gasteiger partial charge >= 0.3 is 0 Å². The summed E-state index contributed by atoms with van der Waals surface area (Å²) in [6.07, 6.45) is 4.07. The van der Waals surface area contributed by atoms with Gasteiger partial charge in [0.2, 0.25) is 5.91 Å². The standard InChI is InChI=1S/C23H24FN5O3/c1-3-20(30)28-11-9-19-15(13-28)14-29(17-6-4-16(24)5-7-17)23(32)21(19)22(31)25-12-18-8-10-26-27(18)2/h4-8,10,14H,3,9,11-13H2,1-2H3,(H,25,31). The van der Waals surface area contributed by atoms with E-state index in [0.717, 1.165) is 11.3 Å². The van der Waals surface area contributed by atoms with E-state index in [1.165, 1.54) is 28.8 Å². The van der Waals surface area contributed by atoms with Crippen LogP contribution in [0.4, 0.5) is 4.39 Å². The number of hydrogen-bond donors (Lipinski definition) is 1. The number of amides is 2. The lowest BCUT2D eigenvalue weighted by Crippen LogP contribution is -2.41. The quantitative estimate of drug-likeness (QED) is 0.661. The number of nitrogens with zero attached hydrogens (tertiary/aromatic N) is 4. The average molecular weight is 437 g/mol. The van der Waals surface area contributed by atoms with Gasteiger partial charge in [-0.05, 0) is 47.9 Å². The predicted octanol–water partition coefficient (Wildman–Crippen LogP) is 1.93. The molecule has 0 unspecified atom stereocenters. The van der Waals surface area contributed by atoms with Gasteiger partial charge in [-0.3, -0.25) is 23.6 Å². The van der Waals surface area contributed by atoms with Crippen molar-refractivity contribution in [2.24, 2.45) is 7.05 Å². The zero-order chi connectivity index (χ0) is 22.8. The van der Waals surface area contributed by atoms with Crippen molar-refractivity contribution in [2.75, 3.05) is 6.54 Å². The van der Waals surface area contributed by atoms with E-state index < -0.39 is 17.3 Å². The van der Waals surface area contributed by atoms with Crippen molar-refractivity contribution in [3.63, 3.8) is 0 Å². The van der Waals surface area contributed by atoms with Gasteiger partial charge in [-0.2, -0.15) is 5.10 Å². The highest BCUT2D eigenvalue weighted by molar-refractivity contribution is 5.96. The van der Waals surface area contributed by atoms with Crippen LogP contribution >= 0.6 is 0 Å². The van der Waals surface area contributed by atoms with Crippen molar-refractivity contribution < 1.29 is 14.0 Å². The number of benzene rings is 1. The first-order valence-electron chi connectivity index (χ1n) is 10.4. The lowest BCUT2D eigenvalue weighted by atomic mass is 9.95. The van der Waals surface area contributed by atoms with Crippen molar-refractivity contribution in [3.05, 3.63) is 81.3 Å². The fourth-order valence-electron chi connectivity index (χ4n) is 3.95. The highest BCUT2D eigenvalue weighted by atomic mass is 19.1. The zero-order valence-corrected chi connectivity index (χ0v) is 18.0. The first-order chi connectivity index (χ1) is 15.4. The van der Waals surface area contributed by atoms with E-state index in [4.69, 9.17) is 0 Å². The van der Waals surface area contributed by atoms with Crippen LogP contribution in [0, 0.1) is 5.82 Å². The molecule has 2 amide bonds. The van der Waals surface area contributed by atoms with E-state index in [2.05, 4.69) is 10.4 Å². The first-order valence-corrected chi connectivity index (χ1v) is 10.4. The Hall–Kier alpha value is -3.75. The van der Waals surface area contributed by atoms with Crippen LogP contribution in [0.3, 0.4) is 0 Å². The lowest BCUT2D eigenvalue weighted by molar-refractivity contribution is -0.131. The summed E-state index contributed by atoms with van der Waals surface area (Å²) in [5.74, 6) is -0.898. The van der Waals surface area contributed by atoms with Crippen molar-refractivity contribution in [3.8, 4) is 5.69 Å². The summed E-state index contributed by atoms with van der Waals surface area (Å²) < 4.78 is 16.4. The Morgan fingerprint density at radius 1 is 1.19 bits per heavy atom. The predicted molar refractivity (Wildman–Crippen MR) is 116 cm³/mol. The molecule has 0 atom stereocenters. The number of aromatic nitrogens is 3. The fraction of sp³-hybridized carbons (Fsp3) is 0.304. The summed E-state index contributed by atoms with van der Waals surface area (Å²) in [6.45, 7) is 2.78. The molecule has 166 valence electrons. The minimum atomic E-state index is -0.487. The second-order valence-corrected chi connectivity index (χ2v) is 7.71. The molecule has 3 heterocycles. The van der Waals surface area contributed by atoms with Crippen LogP contribution in [-0.2, 0) is 31.4 Å². The summed E-state index contributed by atoms with van der Waals surface area (Å²) in [7, 11) is 1.77. The van der Waals surface area contributed by atoms with E-state index in [0.29, 0.717) is 37.2 Å². The third kappa shape index (κ3) is 4.05. The smallest absolute Gasteiger partial charge is 0.268 e. The Morgan fingerprint density at radius 3 is 2.59 bits per heavy atom. The summed E-state index contributed by atoms with van der Waals surface area (Å²) in [4.78, 5) is 40.5. The minimum Gasteiger partial charge on any atom is -0.346 e. The fourth-order valence-corrected chi connectivity index (χ4v) is 3.95. The number of nitrogens with one attached hydrogen (secondary N) is 1. The maximum Gasteiger partial charge on any atom is 0.268 e. The molecule has 4 rings (SSSR count). The number of rotatable bonds is 5. The van der Waals surface area contributed by atoms with E-state index in [1.54, 1.807) is 42.0 Å².